The predicted molar refractivity (Wildman–Crippen MR) is 103 cm³/mol. The van der Waals surface area contributed by atoms with Gasteiger partial charge in [-0.1, -0.05) is 67.0 Å². The molecule has 3 aromatic rings. The van der Waals surface area contributed by atoms with Crippen molar-refractivity contribution in [3.8, 4) is 0 Å². The van der Waals surface area contributed by atoms with Gasteiger partial charge in [0.15, 0.2) is 0 Å². The Hall–Kier alpha value is -2.88. The predicted octanol–water partition coefficient (Wildman–Crippen LogP) is 4.83. The third-order valence-corrected chi connectivity index (χ3v) is 4.73. The number of esters is 1. The minimum atomic E-state index is -0.653. The SMILES string of the molecule is CCCCOC(=O)C1CC(c2c3ccccc3cc3ccccc23)=NO1. The maximum Gasteiger partial charge on any atom is 0.350 e. The molecule has 0 fully saturated rings. The van der Waals surface area contributed by atoms with E-state index in [0.29, 0.717) is 13.0 Å². The molecule has 0 spiro atoms. The van der Waals surface area contributed by atoms with Gasteiger partial charge in [-0.05, 0) is 34.0 Å². The molecule has 0 aromatic heterocycles. The summed E-state index contributed by atoms with van der Waals surface area (Å²) in [4.78, 5) is 17.6. The lowest BCUT2D eigenvalue weighted by atomic mass is 9.92. The molecule has 0 radical (unpaired) electrons. The van der Waals surface area contributed by atoms with Crippen LogP contribution in [-0.2, 0) is 14.4 Å². The summed E-state index contributed by atoms with van der Waals surface area (Å²) in [6, 6.07) is 18.7. The minimum Gasteiger partial charge on any atom is -0.463 e. The highest BCUT2D eigenvalue weighted by Crippen LogP contribution is 2.32. The monoisotopic (exact) mass is 347 g/mol. The van der Waals surface area contributed by atoms with Gasteiger partial charge in [-0.25, -0.2) is 4.79 Å². The highest BCUT2D eigenvalue weighted by Gasteiger charge is 2.31. The lowest BCUT2D eigenvalue weighted by Crippen LogP contribution is -2.24. The smallest absolute Gasteiger partial charge is 0.350 e. The third-order valence-electron chi connectivity index (χ3n) is 4.73. The van der Waals surface area contributed by atoms with Crippen LogP contribution in [0.1, 0.15) is 31.7 Å². The molecule has 0 saturated heterocycles. The summed E-state index contributed by atoms with van der Waals surface area (Å²) >= 11 is 0. The molecule has 0 N–H and O–H groups in total. The van der Waals surface area contributed by atoms with Gasteiger partial charge in [0.2, 0.25) is 6.10 Å². The highest BCUT2D eigenvalue weighted by molar-refractivity contribution is 6.21. The van der Waals surface area contributed by atoms with Crippen molar-refractivity contribution in [1.82, 2.24) is 0 Å². The standard InChI is InChI=1S/C22H21NO3/c1-2-3-12-25-22(24)20-14-19(23-26-20)21-17-10-6-4-8-15(17)13-16-9-5-7-11-18(16)21/h4-11,13,20H,2-3,12,14H2,1H3. The van der Waals surface area contributed by atoms with E-state index in [1.165, 1.54) is 0 Å². The second-order valence-electron chi connectivity index (χ2n) is 6.55. The minimum absolute atomic E-state index is 0.332. The van der Waals surface area contributed by atoms with Crippen molar-refractivity contribution in [2.24, 2.45) is 5.16 Å². The van der Waals surface area contributed by atoms with Crippen LogP contribution in [0.4, 0.5) is 0 Å². The molecule has 0 amide bonds. The van der Waals surface area contributed by atoms with Gasteiger partial charge in [-0.3, -0.25) is 0 Å². The molecule has 1 aliphatic heterocycles. The summed E-state index contributed by atoms with van der Waals surface area (Å²) in [5.41, 5.74) is 1.85. The van der Waals surface area contributed by atoms with Crippen molar-refractivity contribution in [3.63, 3.8) is 0 Å². The number of carbonyl (C=O) groups excluding carboxylic acids is 1. The fourth-order valence-electron chi connectivity index (χ4n) is 3.39. The average Bonchev–Trinajstić information content (AvgIpc) is 3.16. The second-order valence-corrected chi connectivity index (χ2v) is 6.55. The molecule has 3 aromatic carbocycles. The molecule has 4 nitrogen and oxygen atoms in total. The number of rotatable bonds is 5. The third kappa shape index (κ3) is 3.03. The maximum absolute atomic E-state index is 12.2. The zero-order valence-electron chi connectivity index (χ0n) is 14.8. The Bertz CT molecular complexity index is 939. The number of unbranched alkanes of at least 4 members (excludes halogenated alkanes) is 1. The zero-order valence-corrected chi connectivity index (χ0v) is 14.8. The number of carbonyl (C=O) groups is 1. The van der Waals surface area contributed by atoms with Gasteiger partial charge in [0.1, 0.15) is 0 Å². The van der Waals surface area contributed by atoms with Crippen LogP contribution in [0.25, 0.3) is 21.5 Å². The van der Waals surface area contributed by atoms with E-state index in [-0.39, 0.29) is 5.97 Å². The van der Waals surface area contributed by atoms with Crippen LogP contribution in [0.5, 0.6) is 0 Å². The first-order valence-corrected chi connectivity index (χ1v) is 9.08. The first kappa shape index (κ1) is 16.6. The number of hydrogen-bond donors (Lipinski definition) is 0. The molecule has 0 aliphatic carbocycles. The molecular formula is C22H21NO3. The quantitative estimate of drug-likeness (QED) is 0.377. The van der Waals surface area contributed by atoms with Crippen LogP contribution < -0.4 is 0 Å². The van der Waals surface area contributed by atoms with Gasteiger partial charge < -0.3 is 9.57 Å². The van der Waals surface area contributed by atoms with Gasteiger partial charge in [0.05, 0.1) is 12.3 Å². The van der Waals surface area contributed by atoms with Crippen LogP contribution in [0.3, 0.4) is 0 Å². The molecule has 1 unspecified atom stereocenters. The van der Waals surface area contributed by atoms with Crippen molar-refractivity contribution in [2.75, 3.05) is 6.61 Å². The fourth-order valence-corrected chi connectivity index (χ4v) is 3.39. The first-order valence-electron chi connectivity index (χ1n) is 9.08. The molecule has 1 heterocycles. The van der Waals surface area contributed by atoms with E-state index in [9.17, 15) is 4.79 Å². The molecule has 26 heavy (non-hydrogen) atoms. The number of benzene rings is 3. The zero-order chi connectivity index (χ0) is 17.9. The van der Waals surface area contributed by atoms with Crippen LogP contribution in [0, 0.1) is 0 Å². The summed E-state index contributed by atoms with van der Waals surface area (Å²) in [6.07, 6.45) is 1.63. The lowest BCUT2D eigenvalue weighted by molar-refractivity contribution is -0.155. The second kappa shape index (κ2) is 7.16. The lowest BCUT2D eigenvalue weighted by Gasteiger charge is -2.11. The van der Waals surface area contributed by atoms with Gasteiger partial charge in [0, 0.05) is 12.0 Å². The van der Waals surface area contributed by atoms with Crippen LogP contribution in [0.2, 0.25) is 0 Å². The van der Waals surface area contributed by atoms with Gasteiger partial charge in [-0.15, -0.1) is 0 Å². The van der Waals surface area contributed by atoms with Crippen LogP contribution in [-0.4, -0.2) is 24.4 Å². The molecule has 4 heteroatoms. The summed E-state index contributed by atoms with van der Waals surface area (Å²) in [6.45, 7) is 2.49. The van der Waals surface area contributed by atoms with Crippen molar-refractivity contribution in [1.29, 1.82) is 0 Å². The van der Waals surface area contributed by atoms with E-state index in [1.54, 1.807) is 0 Å². The number of oxime groups is 1. The van der Waals surface area contributed by atoms with E-state index < -0.39 is 6.10 Å². The Labute approximate surface area is 152 Å². The van der Waals surface area contributed by atoms with Crippen molar-refractivity contribution in [2.45, 2.75) is 32.3 Å². The Morgan fingerprint density at radius 3 is 2.42 bits per heavy atom. The van der Waals surface area contributed by atoms with E-state index in [0.717, 1.165) is 45.7 Å². The van der Waals surface area contributed by atoms with E-state index in [1.807, 2.05) is 24.3 Å². The van der Waals surface area contributed by atoms with E-state index >= 15 is 0 Å². The van der Waals surface area contributed by atoms with E-state index in [4.69, 9.17) is 9.57 Å². The van der Waals surface area contributed by atoms with Crippen molar-refractivity contribution >= 4 is 33.2 Å². The Kier molecular flexibility index (Phi) is 4.57. The number of nitrogens with zero attached hydrogens (tertiary/aromatic N) is 1. The maximum atomic E-state index is 12.2. The molecule has 4 rings (SSSR count). The summed E-state index contributed by atoms with van der Waals surface area (Å²) in [5, 5.41) is 8.79. The molecule has 132 valence electrons. The summed E-state index contributed by atoms with van der Waals surface area (Å²) in [7, 11) is 0. The highest BCUT2D eigenvalue weighted by atomic mass is 16.7. The largest absolute Gasteiger partial charge is 0.463 e. The molecule has 1 atom stereocenters. The molecular weight excluding hydrogens is 326 g/mol. The Balaban J connectivity index is 1.69. The fraction of sp³-hybridized carbons (Fsp3) is 0.273. The molecule has 0 saturated carbocycles. The Morgan fingerprint density at radius 1 is 1.12 bits per heavy atom. The van der Waals surface area contributed by atoms with E-state index in [2.05, 4.69) is 42.4 Å². The van der Waals surface area contributed by atoms with Gasteiger partial charge >= 0.3 is 5.97 Å². The topological polar surface area (TPSA) is 47.9 Å². The Morgan fingerprint density at radius 2 is 1.77 bits per heavy atom. The van der Waals surface area contributed by atoms with Crippen molar-refractivity contribution < 1.29 is 14.4 Å². The summed E-state index contributed by atoms with van der Waals surface area (Å²) < 4.78 is 5.29. The summed E-state index contributed by atoms with van der Waals surface area (Å²) in [5.74, 6) is -0.332. The molecule has 0 bridgehead atoms. The number of hydrogen-bond acceptors (Lipinski definition) is 4. The average molecular weight is 347 g/mol. The number of ether oxygens (including phenoxy) is 1. The van der Waals surface area contributed by atoms with Crippen LogP contribution >= 0.6 is 0 Å². The van der Waals surface area contributed by atoms with Gasteiger partial charge in [0.25, 0.3) is 0 Å². The van der Waals surface area contributed by atoms with Gasteiger partial charge in [-0.2, -0.15) is 0 Å². The first-order chi connectivity index (χ1) is 12.8. The molecule has 1 aliphatic rings. The van der Waals surface area contributed by atoms with Crippen molar-refractivity contribution in [3.05, 3.63) is 60.2 Å². The number of fused-ring (bicyclic) bond motifs is 2. The van der Waals surface area contributed by atoms with Crippen LogP contribution in [0.15, 0.2) is 59.8 Å². The normalized spacial score (nSPS) is 16.5.